The fourth-order valence-corrected chi connectivity index (χ4v) is 4.08. The number of hydrogen-bond donors (Lipinski definition) is 0. The molecule has 0 bridgehead atoms. The Morgan fingerprint density at radius 1 is 1.06 bits per heavy atom. The van der Waals surface area contributed by atoms with Gasteiger partial charge in [-0.05, 0) is 55.5 Å². The van der Waals surface area contributed by atoms with Crippen molar-refractivity contribution >= 4 is 27.4 Å². The van der Waals surface area contributed by atoms with Crippen LogP contribution in [0.15, 0.2) is 71.6 Å². The Labute approximate surface area is 177 Å². The molecule has 0 unspecified atom stereocenters. The maximum absolute atomic E-state index is 13.9. The number of ether oxygens (including phenoxy) is 1. The number of sulfonamides is 1. The minimum atomic E-state index is -4.12. The molecule has 3 aromatic carbocycles. The number of nitrogens with zero attached hydrogens (tertiary/aromatic N) is 2. The van der Waals surface area contributed by atoms with Crippen LogP contribution in [0, 0.1) is 22.9 Å². The van der Waals surface area contributed by atoms with Crippen molar-refractivity contribution in [2.24, 2.45) is 0 Å². The topological polar surface area (TPSA) is 107 Å². The lowest BCUT2D eigenvalue weighted by Crippen LogP contribution is -2.27. The molecule has 0 saturated heterocycles. The van der Waals surface area contributed by atoms with Gasteiger partial charge < -0.3 is 4.74 Å². The van der Waals surface area contributed by atoms with Crippen LogP contribution in [-0.4, -0.2) is 26.4 Å². The fourth-order valence-electron chi connectivity index (χ4n) is 2.82. The van der Waals surface area contributed by atoms with Gasteiger partial charge in [-0.25, -0.2) is 17.6 Å². The van der Waals surface area contributed by atoms with Gasteiger partial charge in [0.05, 0.1) is 16.2 Å². The Balaban J connectivity index is 1.77. The average molecular weight is 444 g/mol. The quantitative estimate of drug-likeness (QED) is 0.245. The molecule has 0 radical (unpaired) electrons. The first kappa shape index (κ1) is 21.9. The van der Waals surface area contributed by atoms with Crippen molar-refractivity contribution in [3.05, 3.63) is 93.8 Å². The predicted octanol–water partition coefficient (Wildman–Crippen LogP) is 4.09. The maximum atomic E-state index is 13.9. The molecule has 0 saturated carbocycles. The van der Waals surface area contributed by atoms with Crippen molar-refractivity contribution in [1.82, 2.24) is 0 Å². The number of carbonyl (C=O) groups excluding carboxylic acids is 1. The molecule has 0 N–H and O–H groups in total. The SMILES string of the molecule is Cc1cc(C(=O)Oc2ccc(N(C)S(=O)(=O)c3ccccc3F)cc2)ccc1[N+](=O)[O-]. The van der Waals surface area contributed by atoms with Crippen LogP contribution >= 0.6 is 0 Å². The molecule has 0 aromatic heterocycles. The molecule has 8 nitrogen and oxygen atoms in total. The summed E-state index contributed by atoms with van der Waals surface area (Å²) in [6, 6.07) is 14.5. The van der Waals surface area contributed by atoms with E-state index in [4.69, 9.17) is 4.74 Å². The van der Waals surface area contributed by atoms with E-state index in [0.717, 1.165) is 10.4 Å². The summed E-state index contributed by atoms with van der Waals surface area (Å²) in [6.07, 6.45) is 0. The summed E-state index contributed by atoms with van der Waals surface area (Å²) in [5.74, 6) is -1.45. The van der Waals surface area contributed by atoms with Crippen molar-refractivity contribution in [3.63, 3.8) is 0 Å². The molecular weight excluding hydrogens is 427 g/mol. The molecule has 0 amide bonds. The Bertz CT molecular complexity index is 1260. The monoisotopic (exact) mass is 444 g/mol. The van der Waals surface area contributed by atoms with E-state index in [2.05, 4.69) is 0 Å². The Kier molecular flexibility index (Phi) is 6.02. The molecule has 0 aliphatic carbocycles. The number of aryl methyl sites for hydroxylation is 1. The van der Waals surface area contributed by atoms with Crippen molar-refractivity contribution in [2.75, 3.05) is 11.4 Å². The lowest BCUT2D eigenvalue weighted by atomic mass is 10.1. The highest BCUT2D eigenvalue weighted by atomic mass is 32.2. The van der Waals surface area contributed by atoms with Crippen molar-refractivity contribution in [1.29, 1.82) is 0 Å². The second-order valence-corrected chi connectivity index (χ2v) is 8.48. The highest BCUT2D eigenvalue weighted by Gasteiger charge is 2.24. The fraction of sp³-hybridized carbons (Fsp3) is 0.0952. The molecule has 3 aromatic rings. The molecular formula is C21H17FN2O6S. The predicted molar refractivity (Wildman–Crippen MR) is 111 cm³/mol. The van der Waals surface area contributed by atoms with Crippen LogP contribution < -0.4 is 9.04 Å². The number of carbonyl (C=O) groups is 1. The molecule has 0 aliphatic rings. The number of halogens is 1. The Morgan fingerprint density at radius 2 is 1.71 bits per heavy atom. The Morgan fingerprint density at radius 3 is 2.29 bits per heavy atom. The zero-order valence-corrected chi connectivity index (χ0v) is 17.3. The number of esters is 1. The standard InChI is InChI=1S/C21H17FN2O6S/c1-14-13-15(7-12-19(14)24(26)27)21(25)30-17-10-8-16(9-11-17)23(2)31(28,29)20-6-4-3-5-18(20)22/h3-13H,1-2H3. The first-order chi connectivity index (χ1) is 14.6. The smallest absolute Gasteiger partial charge is 0.343 e. The van der Waals surface area contributed by atoms with Gasteiger partial charge in [0.15, 0.2) is 0 Å². The summed E-state index contributed by atoms with van der Waals surface area (Å²) in [6.45, 7) is 1.51. The molecule has 0 aliphatic heterocycles. The van der Waals surface area contributed by atoms with Crippen molar-refractivity contribution in [3.8, 4) is 5.75 Å². The largest absolute Gasteiger partial charge is 0.423 e. The number of nitro groups is 1. The van der Waals surface area contributed by atoms with Crippen LogP contribution in [0.2, 0.25) is 0 Å². The third kappa shape index (κ3) is 4.53. The van der Waals surface area contributed by atoms with Gasteiger partial charge in [-0.3, -0.25) is 14.4 Å². The number of hydrogen-bond acceptors (Lipinski definition) is 6. The number of nitro benzene ring substituents is 1. The van der Waals surface area contributed by atoms with Gasteiger partial charge in [0.2, 0.25) is 0 Å². The van der Waals surface area contributed by atoms with Gasteiger partial charge in [-0.1, -0.05) is 12.1 Å². The molecule has 0 atom stereocenters. The lowest BCUT2D eigenvalue weighted by molar-refractivity contribution is -0.385. The van der Waals surface area contributed by atoms with Crippen LogP contribution in [0.4, 0.5) is 15.8 Å². The first-order valence-corrected chi connectivity index (χ1v) is 10.4. The van der Waals surface area contributed by atoms with Crippen LogP contribution in [0.3, 0.4) is 0 Å². The van der Waals surface area contributed by atoms with Gasteiger partial charge in [0.1, 0.15) is 16.5 Å². The number of benzene rings is 3. The minimum absolute atomic E-state index is 0.111. The lowest BCUT2D eigenvalue weighted by Gasteiger charge is -2.20. The van der Waals surface area contributed by atoms with E-state index in [1.54, 1.807) is 0 Å². The average Bonchev–Trinajstić information content (AvgIpc) is 2.73. The van der Waals surface area contributed by atoms with Crippen LogP contribution in [-0.2, 0) is 10.0 Å². The van der Waals surface area contributed by atoms with Gasteiger partial charge >= 0.3 is 5.97 Å². The van der Waals surface area contributed by atoms with Gasteiger partial charge in [0, 0.05) is 18.7 Å². The number of rotatable bonds is 6. The summed E-state index contributed by atoms with van der Waals surface area (Å²) in [5.41, 5.74) is 0.565. The molecule has 0 fully saturated rings. The maximum Gasteiger partial charge on any atom is 0.343 e. The second-order valence-electron chi connectivity index (χ2n) is 6.54. The summed E-state index contributed by atoms with van der Waals surface area (Å²) in [7, 11) is -2.84. The first-order valence-electron chi connectivity index (χ1n) is 8.92. The summed E-state index contributed by atoms with van der Waals surface area (Å²) in [5, 5.41) is 10.9. The van der Waals surface area contributed by atoms with E-state index in [0.29, 0.717) is 5.56 Å². The van der Waals surface area contributed by atoms with Crippen molar-refractivity contribution < 1.29 is 27.3 Å². The van der Waals surface area contributed by atoms with Crippen LogP contribution in [0.25, 0.3) is 0 Å². The number of anilines is 1. The van der Waals surface area contributed by atoms with Gasteiger partial charge in [-0.2, -0.15) is 0 Å². The molecule has 3 rings (SSSR count). The third-order valence-corrected chi connectivity index (χ3v) is 6.33. The molecule has 0 spiro atoms. The molecule has 0 heterocycles. The van der Waals surface area contributed by atoms with Gasteiger partial charge in [0.25, 0.3) is 15.7 Å². The normalized spacial score (nSPS) is 11.1. The minimum Gasteiger partial charge on any atom is -0.423 e. The van der Waals surface area contributed by atoms with E-state index in [9.17, 15) is 27.7 Å². The van der Waals surface area contributed by atoms with Crippen molar-refractivity contribution in [2.45, 2.75) is 11.8 Å². The second kappa shape index (κ2) is 8.52. The zero-order valence-electron chi connectivity index (χ0n) is 16.5. The van der Waals surface area contributed by atoms with E-state index < -0.39 is 31.6 Å². The van der Waals surface area contributed by atoms with Crippen LogP contribution in [0.5, 0.6) is 5.75 Å². The summed E-state index contributed by atoms with van der Waals surface area (Å²) >= 11 is 0. The van der Waals surface area contributed by atoms with E-state index in [1.165, 1.54) is 74.6 Å². The third-order valence-electron chi connectivity index (χ3n) is 4.52. The van der Waals surface area contributed by atoms with Gasteiger partial charge in [-0.15, -0.1) is 0 Å². The van der Waals surface area contributed by atoms with E-state index >= 15 is 0 Å². The molecule has 31 heavy (non-hydrogen) atoms. The summed E-state index contributed by atoms with van der Waals surface area (Å²) < 4.78 is 45.4. The summed E-state index contributed by atoms with van der Waals surface area (Å²) in [4.78, 5) is 22.2. The highest BCUT2D eigenvalue weighted by molar-refractivity contribution is 7.92. The molecule has 160 valence electrons. The molecule has 10 heteroatoms. The van der Waals surface area contributed by atoms with E-state index in [1.807, 2.05) is 0 Å². The Hall–Kier alpha value is -3.79. The van der Waals surface area contributed by atoms with E-state index in [-0.39, 0.29) is 22.7 Å². The zero-order chi connectivity index (χ0) is 22.8. The highest BCUT2D eigenvalue weighted by Crippen LogP contribution is 2.26. The van der Waals surface area contributed by atoms with Crippen LogP contribution in [0.1, 0.15) is 15.9 Å².